The van der Waals surface area contributed by atoms with Crippen LogP contribution in [-0.4, -0.2) is 74.0 Å². The molecule has 3 heterocycles. The molecule has 2 aromatic heterocycles. The van der Waals surface area contributed by atoms with E-state index in [1.807, 2.05) is 0 Å². The number of aliphatic hydroxyl groups excluding tert-OH is 1. The summed E-state index contributed by atoms with van der Waals surface area (Å²) in [6.45, 7) is 1.52. The lowest BCUT2D eigenvalue weighted by Crippen LogP contribution is -2.48. The number of β-amino-alcohol motifs (C(OH)–C–C–N with tert-alkyl or cyclic N) is 1. The SMILES string of the molecule is NC(=O)CN1CC[C@@H](CNc2ncnc(N(Cc3ccc(-n4cccn4)cc3F)C3CC3)c2F)[C@H](O)C1. The van der Waals surface area contributed by atoms with E-state index in [4.69, 9.17) is 5.73 Å². The first-order valence-electron chi connectivity index (χ1n) is 12.4. The van der Waals surface area contributed by atoms with Gasteiger partial charge in [0.1, 0.15) is 12.1 Å². The van der Waals surface area contributed by atoms with E-state index in [1.54, 1.807) is 45.1 Å². The highest BCUT2D eigenvalue weighted by Crippen LogP contribution is 2.35. The van der Waals surface area contributed by atoms with Gasteiger partial charge in [0.05, 0.1) is 18.3 Å². The average molecular weight is 513 g/mol. The number of amides is 1. The third-order valence-corrected chi connectivity index (χ3v) is 6.89. The van der Waals surface area contributed by atoms with Gasteiger partial charge in [-0.2, -0.15) is 9.49 Å². The van der Waals surface area contributed by atoms with Crippen LogP contribution in [0, 0.1) is 17.6 Å². The Labute approximate surface area is 213 Å². The number of likely N-dealkylation sites (tertiary alicyclic amines) is 1. The molecule has 2 atom stereocenters. The van der Waals surface area contributed by atoms with Crippen LogP contribution in [0.25, 0.3) is 5.69 Å². The van der Waals surface area contributed by atoms with Crippen molar-refractivity contribution in [2.75, 3.05) is 36.4 Å². The largest absolute Gasteiger partial charge is 0.391 e. The van der Waals surface area contributed by atoms with Crippen molar-refractivity contribution in [3.05, 3.63) is 60.2 Å². The molecule has 196 valence electrons. The minimum Gasteiger partial charge on any atom is -0.391 e. The quantitative estimate of drug-likeness (QED) is 0.375. The van der Waals surface area contributed by atoms with Crippen LogP contribution >= 0.6 is 0 Å². The number of carbonyl (C=O) groups is 1. The van der Waals surface area contributed by atoms with E-state index in [-0.39, 0.29) is 36.7 Å². The predicted octanol–water partition coefficient (Wildman–Crippen LogP) is 1.69. The number of nitrogens with two attached hydrogens (primary N) is 1. The highest BCUT2D eigenvalue weighted by atomic mass is 19.1. The lowest BCUT2D eigenvalue weighted by molar-refractivity contribution is -0.120. The summed E-state index contributed by atoms with van der Waals surface area (Å²) in [6, 6.07) is 6.71. The van der Waals surface area contributed by atoms with Crippen LogP contribution in [0.5, 0.6) is 0 Å². The molecule has 1 aliphatic heterocycles. The number of benzene rings is 1. The maximum Gasteiger partial charge on any atom is 0.231 e. The fourth-order valence-corrected chi connectivity index (χ4v) is 4.73. The van der Waals surface area contributed by atoms with Gasteiger partial charge >= 0.3 is 0 Å². The molecule has 0 radical (unpaired) electrons. The summed E-state index contributed by atoms with van der Waals surface area (Å²) >= 11 is 0. The molecule has 3 aromatic rings. The maximum atomic E-state index is 15.6. The van der Waals surface area contributed by atoms with Gasteiger partial charge in [0.25, 0.3) is 0 Å². The van der Waals surface area contributed by atoms with Gasteiger partial charge < -0.3 is 21.1 Å². The second-order valence-corrected chi connectivity index (χ2v) is 9.64. The molecule has 37 heavy (non-hydrogen) atoms. The van der Waals surface area contributed by atoms with Crippen molar-refractivity contribution in [1.29, 1.82) is 0 Å². The number of aliphatic hydroxyl groups is 1. The lowest BCUT2D eigenvalue weighted by Gasteiger charge is -2.35. The lowest BCUT2D eigenvalue weighted by atomic mass is 9.93. The third kappa shape index (κ3) is 5.86. The molecule has 2 fully saturated rings. The molecule has 10 nitrogen and oxygen atoms in total. The van der Waals surface area contributed by atoms with Crippen molar-refractivity contribution in [2.24, 2.45) is 11.7 Å². The summed E-state index contributed by atoms with van der Waals surface area (Å²) in [5, 5.41) is 17.6. The van der Waals surface area contributed by atoms with Gasteiger partial charge in [0.2, 0.25) is 11.7 Å². The van der Waals surface area contributed by atoms with E-state index in [0.717, 1.165) is 12.8 Å². The van der Waals surface area contributed by atoms with E-state index >= 15 is 4.39 Å². The van der Waals surface area contributed by atoms with Gasteiger partial charge in [-0.15, -0.1) is 0 Å². The fourth-order valence-electron chi connectivity index (χ4n) is 4.73. The number of anilines is 2. The van der Waals surface area contributed by atoms with E-state index in [9.17, 15) is 14.3 Å². The van der Waals surface area contributed by atoms with Crippen LogP contribution in [0.1, 0.15) is 24.8 Å². The summed E-state index contributed by atoms with van der Waals surface area (Å²) < 4.78 is 32.1. The Bertz CT molecular complexity index is 1240. The Morgan fingerprint density at radius 1 is 1.24 bits per heavy atom. The number of primary amides is 1. The normalized spacial score (nSPS) is 20.1. The standard InChI is InChI=1S/C25H30F2N8O2/c26-20-10-19(35-8-1-7-32-35)3-2-17(20)12-34(18-4-5-18)25-23(27)24(30-15-31-25)29-11-16-6-9-33(13-21(16)36)14-22(28)37/h1-3,7-8,10,15-16,18,21,36H,4-6,9,11-14H2,(H2,28,37)(H,29,30,31)/t16-,21+/m0/s1. The molecule has 1 aromatic carbocycles. The number of nitrogens with zero attached hydrogens (tertiary/aromatic N) is 6. The molecule has 5 rings (SSSR count). The highest BCUT2D eigenvalue weighted by molar-refractivity contribution is 5.75. The van der Waals surface area contributed by atoms with Gasteiger partial charge in [-0.25, -0.2) is 19.0 Å². The molecule has 1 saturated heterocycles. The first kappa shape index (κ1) is 25.0. The van der Waals surface area contributed by atoms with Crippen molar-refractivity contribution in [1.82, 2.24) is 24.6 Å². The number of carbonyl (C=O) groups excluding carboxylic acids is 1. The predicted molar refractivity (Wildman–Crippen MR) is 133 cm³/mol. The van der Waals surface area contributed by atoms with Crippen molar-refractivity contribution < 1.29 is 18.7 Å². The number of hydrogen-bond donors (Lipinski definition) is 3. The molecule has 0 unspecified atom stereocenters. The van der Waals surface area contributed by atoms with Crippen molar-refractivity contribution in [2.45, 2.75) is 38.0 Å². The van der Waals surface area contributed by atoms with Crippen LogP contribution in [0.3, 0.4) is 0 Å². The number of nitrogens with one attached hydrogen (secondary N) is 1. The Kier molecular flexibility index (Phi) is 7.28. The van der Waals surface area contributed by atoms with Gasteiger partial charge in [-0.1, -0.05) is 6.07 Å². The molecule has 1 saturated carbocycles. The van der Waals surface area contributed by atoms with Gasteiger partial charge in [-0.3, -0.25) is 9.69 Å². The van der Waals surface area contributed by atoms with Gasteiger partial charge in [0, 0.05) is 49.6 Å². The summed E-state index contributed by atoms with van der Waals surface area (Å²) in [5.41, 5.74) is 6.28. The smallest absolute Gasteiger partial charge is 0.231 e. The maximum absolute atomic E-state index is 15.6. The van der Waals surface area contributed by atoms with Gasteiger partial charge in [-0.05, 0) is 44.0 Å². The van der Waals surface area contributed by atoms with Crippen molar-refractivity contribution in [3.8, 4) is 5.69 Å². The third-order valence-electron chi connectivity index (χ3n) is 6.89. The number of piperidine rings is 1. The fraction of sp³-hybridized carbons (Fsp3) is 0.440. The zero-order valence-corrected chi connectivity index (χ0v) is 20.3. The van der Waals surface area contributed by atoms with E-state index in [0.29, 0.717) is 37.3 Å². The van der Waals surface area contributed by atoms with Crippen LogP contribution in [0.4, 0.5) is 20.4 Å². The molecule has 1 aliphatic carbocycles. The summed E-state index contributed by atoms with van der Waals surface area (Å²) in [5.74, 6) is -1.42. The zero-order chi connectivity index (χ0) is 25.9. The average Bonchev–Trinajstić information content (AvgIpc) is 3.56. The summed E-state index contributed by atoms with van der Waals surface area (Å²) in [6.07, 6.45) is 6.34. The van der Waals surface area contributed by atoms with Crippen LogP contribution in [-0.2, 0) is 11.3 Å². The molecule has 0 spiro atoms. The molecule has 12 heteroatoms. The van der Waals surface area contributed by atoms with E-state index in [2.05, 4.69) is 20.4 Å². The topological polar surface area (TPSA) is 125 Å². The number of halogens is 2. The minimum atomic E-state index is -0.680. The molecule has 0 bridgehead atoms. The Morgan fingerprint density at radius 2 is 2.08 bits per heavy atom. The molecule has 4 N–H and O–H groups in total. The van der Waals surface area contributed by atoms with Crippen molar-refractivity contribution in [3.63, 3.8) is 0 Å². The second kappa shape index (κ2) is 10.8. The first-order chi connectivity index (χ1) is 17.9. The molecule has 2 aliphatic rings. The van der Waals surface area contributed by atoms with Crippen LogP contribution in [0.15, 0.2) is 43.0 Å². The van der Waals surface area contributed by atoms with Crippen molar-refractivity contribution >= 4 is 17.5 Å². The van der Waals surface area contributed by atoms with Crippen LogP contribution < -0.4 is 16.0 Å². The first-order valence-corrected chi connectivity index (χ1v) is 12.4. The molecular weight excluding hydrogens is 482 g/mol. The monoisotopic (exact) mass is 512 g/mol. The summed E-state index contributed by atoms with van der Waals surface area (Å²) in [4.78, 5) is 23.0. The number of rotatable bonds is 10. The molecule has 1 amide bonds. The Morgan fingerprint density at radius 3 is 2.76 bits per heavy atom. The number of hydrogen-bond acceptors (Lipinski definition) is 8. The Hall–Kier alpha value is -3.64. The second-order valence-electron chi connectivity index (χ2n) is 9.64. The van der Waals surface area contributed by atoms with Crippen LogP contribution in [0.2, 0.25) is 0 Å². The van der Waals surface area contributed by atoms with Gasteiger partial charge in [0.15, 0.2) is 11.6 Å². The van der Waals surface area contributed by atoms with E-state index < -0.39 is 23.6 Å². The Balaban J connectivity index is 1.27. The number of aromatic nitrogens is 4. The molecular formula is C25H30F2N8O2. The summed E-state index contributed by atoms with van der Waals surface area (Å²) in [7, 11) is 0. The highest BCUT2D eigenvalue weighted by Gasteiger charge is 2.34. The zero-order valence-electron chi connectivity index (χ0n) is 20.3. The minimum absolute atomic E-state index is 0.0388. The van der Waals surface area contributed by atoms with E-state index in [1.165, 1.54) is 12.4 Å².